The van der Waals surface area contributed by atoms with Crippen LogP contribution in [0.4, 0.5) is 5.82 Å². The van der Waals surface area contributed by atoms with Crippen LogP contribution in [0.2, 0.25) is 0 Å². The third-order valence-corrected chi connectivity index (χ3v) is 3.99. The molecule has 21 heavy (non-hydrogen) atoms. The lowest BCUT2D eigenvalue weighted by Gasteiger charge is -2.05. The molecular formula is C14H17N3O3S. The fourth-order valence-corrected chi connectivity index (χ4v) is 2.64. The molecule has 0 unspecified atom stereocenters. The lowest BCUT2D eigenvalue weighted by atomic mass is 10.1. The second-order valence-corrected chi connectivity index (χ2v) is 7.18. The summed E-state index contributed by atoms with van der Waals surface area (Å²) in [5.41, 5.74) is 2.89. The molecule has 0 fully saturated rings. The minimum absolute atomic E-state index is 0.0352. The Morgan fingerprint density at radius 2 is 1.86 bits per heavy atom. The van der Waals surface area contributed by atoms with Crippen LogP contribution in [0, 0.1) is 13.8 Å². The van der Waals surface area contributed by atoms with Crippen LogP contribution in [0.25, 0.3) is 0 Å². The number of aryl methyl sites for hydroxylation is 1. The highest BCUT2D eigenvalue weighted by atomic mass is 32.2. The van der Waals surface area contributed by atoms with Gasteiger partial charge in [0.2, 0.25) is 0 Å². The van der Waals surface area contributed by atoms with Gasteiger partial charge in [0.15, 0.2) is 15.7 Å². The van der Waals surface area contributed by atoms with Crippen LogP contribution in [0.1, 0.15) is 27.2 Å². The van der Waals surface area contributed by atoms with E-state index in [2.05, 4.69) is 15.5 Å². The van der Waals surface area contributed by atoms with Gasteiger partial charge in [0.25, 0.3) is 5.91 Å². The highest BCUT2D eigenvalue weighted by molar-refractivity contribution is 7.89. The predicted octanol–water partition coefficient (Wildman–Crippen LogP) is 1.82. The minimum Gasteiger partial charge on any atom is -0.305 e. The molecule has 0 saturated carbocycles. The van der Waals surface area contributed by atoms with Crippen molar-refractivity contribution in [1.29, 1.82) is 0 Å². The van der Waals surface area contributed by atoms with Crippen LogP contribution in [-0.2, 0) is 15.6 Å². The number of aromatic nitrogens is 2. The van der Waals surface area contributed by atoms with Gasteiger partial charge in [-0.2, -0.15) is 5.10 Å². The molecule has 112 valence electrons. The SMILES string of the molecule is Cc1[nH]nc(NC(=O)c2ccc(CS(C)(=O)=O)cc2)c1C. The molecule has 7 heteroatoms. The Labute approximate surface area is 123 Å². The van der Waals surface area contributed by atoms with Gasteiger partial charge in [-0.1, -0.05) is 12.1 Å². The number of amides is 1. The highest BCUT2D eigenvalue weighted by Gasteiger charge is 2.12. The fourth-order valence-electron chi connectivity index (χ4n) is 1.84. The van der Waals surface area contributed by atoms with E-state index < -0.39 is 9.84 Å². The van der Waals surface area contributed by atoms with Gasteiger partial charge in [-0.3, -0.25) is 9.89 Å². The summed E-state index contributed by atoms with van der Waals surface area (Å²) < 4.78 is 22.4. The smallest absolute Gasteiger partial charge is 0.256 e. The summed E-state index contributed by atoms with van der Waals surface area (Å²) in [6, 6.07) is 6.48. The lowest BCUT2D eigenvalue weighted by Crippen LogP contribution is -2.13. The van der Waals surface area contributed by atoms with Crippen molar-refractivity contribution in [2.75, 3.05) is 11.6 Å². The van der Waals surface area contributed by atoms with Gasteiger partial charge in [-0.25, -0.2) is 8.42 Å². The Balaban J connectivity index is 2.11. The number of aromatic amines is 1. The average molecular weight is 307 g/mol. The molecule has 2 rings (SSSR count). The molecular weight excluding hydrogens is 290 g/mol. The number of hydrogen-bond donors (Lipinski definition) is 2. The maximum Gasteiger partial charge on any atom is 0.256 e. The minimum atomic E-state index is -3.08. The third-order valence-electron chi connectivity index (χ3n) is 3.13. The van der Waals surface area contributed by atoms with Crippen molar-refractivity contribution >= 4 is 21.6 Å². The molecule has 6 nitrogen and oxygen atoms in total. The molecule has 0 atom stereocenters. The first-order valence-electron chi connectivity index (χ1n) is 6.36. The average Bonchev–Trinajstić information content (AvgIpc) is 2.69. The van der Waals surface area contributed by atoms with E-state index in [0.717, 1.165) is 11.3 Å². The zero-order chi connectivity index (χ0) is 15.6. The van der Waals surface area contributed by atoms with Gasteiger partial charge in [0.1, 0.15) is 0 Å². The molecule has 1 amide bonds. The van der Waals surface area contributed by atoms with E-state index >= 15 is 0 Å². The molecule has 0 aliphatic rings. The predicted molar refractivity (Wildman–Crippen MR) is 81.0 cm³/mol. The van der Waals surface area contributed by atoms with Crippen LogP contribution in [0.15, 0.2) is 24.3 Å². The van der Waals surface area contributed by atoms with Gasteiger partial charge in [0, 0.05) is 23.1 Å². The quantitative estimate of drug-likeness (QED) is 0.901. The Bertz CT molecular complexity index is 761. The molecule has 0 aliphatic carbocycles. The molecule has 0 spiro atoms. The number of benzene rings is 1. The Hall–Kier alpha value is -2.15. The van der Waals surface area contributed by atoms with Crippen molar-refractivity contribution < 1.29 is 13.2 Å². The second kappa shape index (κ2) is 5.69. The first-order valence-corrected chi connectivity index (χ1v) is 8.42. The molecule has 2 N–H and O–H groups in total. The first-order chi connectivity index (χ1) is 9.76. The fraction of sp³-hybridized carbons (Fsp3) is 0.286. The summed E-state index contributed by atoms with van der Waals surface area (Å²) in [5.74, 6) is 0.181. The van der Waals surface area contributed by atoms with Crippen LogP contribution in [0.3, 0.4) is 0 Å². The molecule has 0 radical (unpaired) electrons. The van der Waals surface area contributed by atoms with E-state index in [1.807, 2.05) is 13.8 Å². The van der Waals surface area contributed by atoms with Crippen LogP contribution in [-0.4, -0.2) is 30.8 Å². The van der Waals surface area contributed by atoms with Gasteiger partial charge >= 0.3 is 0 Å². The molecule has 0 aliphatic heterocycles. The van der Waals surface area contributed by atoms with Crippen LogP contribution < -0.4 is 5.32 Å². The number of carbonyl (C=O) groups is 1. The number of carbonyl (C=O) groups excluding carboxylic acids is 1. The molecule has 2 aromatic rings. The number of hydrogen-bond acceptors (Lipinski definition) is 4. The number of nitrogens with one attached hydrogen (secondary N) is 2. The van der Waals surface area contributed by atoms with E-state index in [1.165, 1.54) is 6.26 Å². The summed E-state index contributed by atoms with van der Waals surface area (Å²) in [6.07, 6.45) is 1.18. The van der Waals surface area contributed by atoms with Gasteiger partial charge < -0.3 is 5.32 Å². The normalized spacial score (nSPS) is 11.4. The number of rotatable bonds is 4. The molecule has 0 bridgehead atoms. The topological polar surface area (TPSA) is 91.9 Å². The van der Waals surface area contributed by atoms with Gasteiger partial charge in [-0.05, 0) is 31.5 Å². The zero-order valence-electron chi connectivity index (χ0n) is 12.1. The second-order valence-electron chi connectivity index (χ2n) is 5.04. The Morgan fingerprint density at radius 3 is 2.33 bits per heavy atom. The van der Waals surface area contributed by atoms with Crippen molar-refractivity contribution in [3.8, 4) is 0 Å². The van der Waals surface area contributed by atoms with E-state index in [9.17, 15) is 13.2 Å². The Morgan fingerprint density at radius 1 is 1.24 bits per heavy atom. The maximum atomic E-state index is 12.1. The summed E-state index contributed by atoms with van der Waals surface area (Å²) >= 11 is 0. The van der Waals surface area contributed by atoms with Crippen molar-refractivity contribution in [3.63, 3.8) is 0 Å². The van der Waals surface area contributed by atoms with E-state index in [0.29, 0.717) is 16.9 Å². The van der Waals surface area contributed by atoms with Crippen LogP contribution >= 0.6 is 0 Å². The molecule has 1 aromatic heterocycles. The van der Waals surface area contributed by atoms with E-state index in [-0.39, 0.29) is 11.7 Å². The standard InChI is InChI=1S/C14H17N3O3S/c1-9-10(2)16-17-13(9)15-14(18)12-6-4-11(5-7-12)8-21(3,19)20/h4-7H,8H2,1-3H3,(H2,15,16,17,18). The monoisotopic (exact) mass is 307 g/mol. The molecule has 1 aromatic carbocycles. The van der Waals surface area contributed by atoms with Crippen molar-refractivity contribution in [2.24, 2.45) is 0 Å². The first kappa shape index (κ1) is 15.2. The van der Waals surface area contributed by atoms with Crippen LogP contribution in [0.5, 0.6) is 0 Å². The zero-order valence-corrected chi connectivity index (χ0v) is 12.9. The number of anilines is 1. The maximum absolute atomic E-state index is 12.1. The number of H-pyrrole nitrogens is 1. The largest absolute Gasteiger partial charge is 0.305 e. The van der Waals surface area contributed by atoms with Gasteiger partial charge in [-0.15, -0.1) is 0 Å². The van der Waals surface area contributed by atoms with Crippen molar-refractivity contribution in [1.82, 2.24) is 10.2 Å². The number of nitrogens with zero attached hydrogens (tertiary/aromatic N) is 1. The molecule has 0 saturated heterocycles. The van der Waals surface area contributed by atoms with E-state index in [4.69, 9.17) is 0 Å². The van der Waals surface area contributed by atoms with E-state index in [1.54, 1.807) is 24.3 Å². The summed E-state index contributed by atoms with van der Waals surface area (Å²) in [4.78, 5) is 12.1. The summed E-state index contributed by atoms with van der Waals surface area (Å²) in [6.45, 7) is 3.74. The summed E-state index contributed by atoms with van der Waals surface area (Å²) in [5, 5.41) is 9.52. The van der Waals surface area contributed by atoms with Crippen molar-refractivity contribution in [2.45, 2.75) is 19.6 Å². The lowest BCUT2D eigenvalue weighted by molar-refractivity contribution is 0.102. The van der Waals surface area contributed by atoms with Gasteiger partial charge in [0.05, 0.1) is 5.75 Å². The number of sulfone groups is 1. The highest BCUT2D eigenvalue weighted by Crippen LogP contribution is 2.15. The van der Waals surface area contributed by atoms with Crippen molar-refractivity contribution in [3.05, 3.63) is 46.6 Å². The molecule has 1 heterocycles. The third kappa shape index (κ3) is 3.91. The summed E-state index contributed by atoms with van der Waals surface area (Å²) in [7, 11) is -3.08. The Kier molecular flexibility index (Phi) is 4.13.